The number of carbonyl (C=O) groups excluding carboxylic acids is 1. The molecule has 1 aromatic carbocycles. The van der Waals surface area contributed by atoms with Crippen molar-refractivity contribution in [2.75, 3.05) is 6.54 Å². The molecule has 3 N–H and O–H groups in total. The van der Waals surface area contributed by atoms with Crippen molar-refractivity contribution in [1.29, 1.82) is 0 Å². The summed E-state index contributed by atoms with van der Waals surface area (Å²) in [7, 11) is 0. The van der Waals surface area contributed by atoms with E-state index in [-0.39, 0.29) is 18.5 Å². The number of urea groups is 1. The van der Waals surface area contributed by atoms with Gasteiger partial charge in [0.1, 0.15) is 6.04 Å². The predicted molar refractivity (Wildman–Crippen MR) is 82.9 cm³/mol. The number of carboxylic acids is 1. The lowest BCUT2D eigenvalue weighted by atomic mass is 10.1. The number of nitrogens with zero attached hydrogens (tertiary/aromatic N) is 2. The van der Waals surface area contributed by atoms with Crippen molar-refractivity contribution < 1.29 is 14.7 Å². The SMILES string of the molecule is O=C(O)[C@H](Cc1c[nH]cn1)N1C[C@H](Cc2ccccc2)NC1=O. The number of H-pyrrole nitrogens is 1. The summed E-state index contributed by atoms with van der Waals surface area (Å²) in [5.41, 5.74) is 1.73. The summed E-state index contributed by atoms with van der Waals surface area (Å²) in [4.78, 5) is 32.0. The average Bonchev–Trinajstić information content (AvgIpc) is 3.15. The molecule has 0 unspecified atom stereocenters. The van der Waals surface area contributed by atoms with Crippen LogP contribution in [0.15, 0.2) is 42.9 Å². The minimum Gasteiger partial charge on any atom is -0.480 e. The van der Waals surface area contributed by atoms with Gasteiger partial charge in [-0.25, -0.2) is 14.6 Å². The molecule has 2 heterocycles. The average molecular weight is 314 g/mol. The molecule has 120 valence electrons. The fraction of sp³-hybridized carbons (Fsp3) is 0.312. The van der Waals surface area contributed by atoms with Gasteiger partial charge in [-0.05, 0) is 12.0 Å². The summed E-state index contributed by atoms with van der Waals surface area (Å²) in [5.74, 6) is -1.02. The Balaban J connectivity index is 1.68. The van der Waals surface area contributed by atoms with Gasteiger partial charge in [0.25, 0.3) is 0 Å². The van der Waals surface area contributed by atoms with Gasteiger partial charge in [0.2, 0.25) is 0 Å². The number of hydrogen-bond acceptors (Lipinski definition) is 3. The van der Waals surface area contributed by atoms with Crippen molar-refractivity contribution in [1.82, 2.24) is 20.2 Å². The Labute approximate surface area is 133 Å². The molecule has 0 saturated carbocycles. The summed E-state index contributed by atoms with van der Waals surface area (Å²) >= 11 is 0. The first-order chi connectivity index (χ1) is 11.1. The van der Waals surface area contributed by atoms with Crippen LogP contribution in [0.4, 0.5) is 4.79 Å². The molecule has 1 saturated heterocycles. The van der Waals surface area contributed by atoms with Crippen molar-refractivity contribution in [3.8, 4) is 0 Å². The van der Waals surface area contributed by atoms with Crippen LogP contribution in [0.3, 0.4) is 0 Å². The number of nitrogens with one attached hydrogen (secondary N) is 2. The third kappa shape index (κ3) is 3.50. The maximum Gasteiger partial charge on any atom is 0.326 e. The van der Waals surface area contributed by atoms with Gasteiger partial charge in [-0.3, -0.25) is 0 Å². The Kier molecular flexibility index (Phi) is 4.27. The molecular formula is C16H18N4O3. The number of hydrogen-bond donors (Lipinski definition) is 3. The number of amides is 2. The van der Waals surface area contributed by atoms with Crippen LogP contribution in [0, 0.1) is 0 Å². The van der Waals surface area contributed by atoms with E-state index in [0.717, 1.165) is 5.56 Å². The van der Waals surface area contributed by atoms with Crippen molar-refractivity contribution in [2.24, 2.45) is 0 Å². The quantitative estimate of drug-likeness (QED) is 0.742. The van der Waals surface area contributed by atoms with Crippen LogP contribution in [0.2, 0.25) is 0 Å². The van der Waals surface area contributed by atoms with Gasteiger partial charge >= 0.3 is 12.0 Å². The monoisotopic (exact) mass is 314 g/mol. The molecule has 3 rings (SSSR count). The molecule has 1 aliphatic heterocycles. The molecule has 2 amide bonds. The highest BCUT2D eigenvalue weighted by Gasteiger charge is 2.37. The lowest BCUT2D eigenvalue weighted by Gasteiger charge is -2.22. The van der Waals surface area contributed by atoms with Gasteiger partial charge in [-0.1, -0.05) is 30.3 Å². The summed E-state index contributed by atoms with van der Waals surface area (Å²) in [6.07, 6.45) is 4.00. The summed E-state index contributed by atoms with van der Waals surface area (Å²) in [6.45, 7) is 0.370. The zero-order valence-corrected chi connectivity index (χ0v) is 12.5. The molecular weight excluding hydrogens is 296 g/mol. The second kappa shape index (κ2) is 6.51. The van der Waals surface area contributed by atoms with E-state index in [0.29, 0.717) is 18.7 Å². The molecule has 2 atom stereocenters. The van der Waals surface area contributed by atoms with E-state index in [4.69, 9.17) is 0 Å². The fourth-order valence-electron chi connectivity index (χ4n) is 2.84. The van der Waals surface area contributed by atoms with Gasteiger partial charge in [0, 0.05) is 19.2 Å². The van der Waals surface area contributed by atoms with Gasteiger partial charge < -0.3 is 20.3 Å². The van der Waals surface area contributed by atoms with Crippen molar-refractivity contribution in [3.63, 3.8) is 0 Å². The largest absolute Gasteiger partial charge is 0.480 e. The van der Waals surface area contributed by atoms with E-state index in [1.807, 2.05) is 30.3 Å². The normalized spacial score (nSPS) is 18.7. The van der Waals surface area contributed by atoms with Crippen LogP contribution in [-0.4, -0.2) is 50.6 Å². The zero-order valence-electron chi connectivity index (χ0n) is 12.5. The number of aromatic amines is 1. The minimum absolute atomic E-state index is 0.0917. The highest BCUT2D eigenvalue weighted by molar-refractivity contribution is 5.84. The van der Waals surface area contributed by atoms with Crippen molar-refractivity contribution in [2.45, 2.75) is 24.9 Å². The molecule has 1 aliphatic rings. The molecule has 0 radical (unpaired) electrons. The lowest BCUT2D eigenvalue weighted by Crippen LogP contribution is -2.44. The van der Waals surface area contributed by atoms with Crippen LogP contribution in [0.1, 0.15) is 11.3 Å². The number of aromatic nitrogens is 2. The third-order valence-corrected chi connectivity index (χ3v) is 3.95. The minimum atomic E-state index is -1.02. The van der Waals surface area contributed by atoms with E-state index in [1.54, 1.807) is 6.20 Å². The number of benzene rings is 1. The van der Waals surface area contributed by atoms with Crippen LogP contribution in [-0.2, 0) is 17.6 Å². The molecule has 23 heavy (non-hydrogen) atoms. The lowest BCUT2D eigenvalue weighted by molar-refractivity contribution is -0.142. The Morgan fingerprint density at radius 3 is 2.83 bits per heavy atom. The van der Waals surface area contributed by atoms with Gasteiger partial charge in [-0.15, -0.1) is 0 Å². The first-order valence-electron chi connectivity index (χ1n) is 7.45. The first kappa shape index (κ1) is 15.1. The Bertz CT molecular complexity index is 672. The molecule has 1 fully saturated rings. The smallest absolute Gasteiger partial charge is 0.326 e. The molecule has 0 aliphatic carbocycles. The molecule has 7 heteroatoms. The number of carboxylic acid groups (broad SMARTS) is 1. The van der Waals surface area contributed by atoms with Gasteiger partial charge in [-0.2, -0.15) is 0 Å². The highest BCUT2D eigenvalue weighted by Crippen LogP contribution is 2.16. The zero-order chi connectivity index (χ0) is 16.2. The van der Waals surface area contributed by atoms with Crippen LogP contribution in [0.5, 0.6) is 0 Å². The van der Waals surface area contributed by atoms with E-state index in [2.05, 4.69) is 15.3 Å². The first-order valence-corrected chi connectivity index (χ1v) is 7.45. The maximum atomic E-state index is 12.2. The molecule has 0 spiro atoms. The van der Waals surface area contributed by atoms with E-state index < -0.39 is 12.0 Å². The topological polar surface area (TPSA) is 98.3 Å². The van der Waals surface area contributed by atoms with Gasteiger partial charge in [0.15, 0.2) is 0 Å². The predicted octanol–water partition coefficient (Wildman–Crippen LogP) is 1.04. The van der Waals surface area contributed by atoms with E-state index in [1.165, 1.54) is 11.2 Å². The van der Waals surface area contributed by atoms with Crippen LogP contribution >= 0.6 is 0 Å². The molecule has 2 aromatic rings. The number of imidazole rings is 1. The molecule has 1 aromatic heterocycles. The second-order valence-electron chi connectivity index (χ2n) is 5.61. The maximum absolute atomic E-state index is 12.2. The molecule has 7 nitrogen and oxygen atoms in total. The van der Waals surface area contributed by atoms with E-state index in [9.17, 15) is 14.7 Å². The summed E-state index contributed by atoms with van der Waals surface area (Å²) < 4.78 is 0. The van der Waals surface area contributed by atoms with Crippen molar-refractivity contribution in [3.05, 3.63) is 54.1 Å². The Morgan fingerprint density at radius 1 is 1.39 bits per heavy atom. The van der Waals surface area contributed by atoms with E-state index >= 15 is 0 Å². The molecule has 0 bridgehead atoms. The Morgan fingerprint density at radius 2 is 2.17 bits per heavy atom. The van der Waals surface area contributed by atoms with Crippen LogP contribution < -0.4 is 5.32 Å². The Hall–Kier alpha value is -2.83. The third-order valence-electron chi connectivity index (χ3n) is 3.95. The van der Waals surface area contributed by atoms with Crippen LogP contribution in [0.25, 0.3) is 0 Å². The number of carbonyl (C=O) groups is 2. The summed E-state index contributed by atoms with van der Waals surface area (Å²) in [6, 6.07) is 8.47. The summed E-state index contributed by atoms with van der Waals surface area (Å²) in [5, 5.41) is 12.3. The van der Waals surface area contributed by atoms with Crippen molar-refractivity contribution >= 4 is 12.0 Å². The standard InChI is InChI=1S/C16H18N4O3/c21-15(22)14(7-12-8-17-10-18-12)20-9-13(19-16(20)23)6-11-4-2-1-3-5-11/h1-5,8,10,13-14H,6-7,9H2,(H,17,18)(H,19,23)(H,21,22)/t13-,14-/m0/s1. The second-order valence-corrected chi connectivity index (χ2v) is 5.61. The highest BCUT2D eigenvalue weighted by atomic mass is 16.4. The fourth-order valence-corrected chi connectivity index (χ4v) is 2.84. The van der Waals surface area contributed by atoms with Gasteiger partial charge in [0.05, 0.1) is 18.1 Å². The number of rotatable bonds is 6. The number of aliphatic carboxylic acids is 1.